The Kier molecular flexibility index (Phi) is 8.21. The molecular weight excluding hydrogens is 685 g/mol. The topological polar surface area (TPSA) is 302 Å². The number of nitrogens with two attached hydrogens (primary N) is 1. The van der Waals surface area contributed by atoms with Gasteiger partial charge < -0.3 is 10.8 Å². The van der Waals surface area contributed by atoms with Crippen LogP contribution < -0.4 is 5.73 Å². The first-order chi connectivity index (χ1) is 21.8. The molecule has 47 heavy (non-hydrogen) atoms. The van der Waals surface area contributed by atoms with Gasteiger partial charge in [0.25, 0.3) is 36.0 Å². The number of aromatic hydroxyl groups is 1. The summed E-state index contributed by atoms with van der Waals surface area (Å²) in [7, 11) is -14.7. The number of nitrogens with zero attached hydrogens (tertiary/aromatic N) is 5. The van der Waals surface area contributed by atoms with E-state index in [1.807, 2.05) is 0 Å². The average molecular weight is 703 g/mol. The number of phenolic OH excluding ortho intramolecular Hbond substituents is 1. The van der Waals surface area contributed by atoms with E-state index >= 15 is 0 Å². The quantitative estimate of drug-likeness (QED) is 0.0423. The average Bonchev–Trinajstić information content (AvgIpc) is 2.97. The molecule has 0 aromatic heterocycles. The van der Waals surface area contributed by atoms with Crippen LogP contribution in [0.5, 0.6) is 5.75 Å². The molecule has 5 aromatic carbocycles. The Morgan fingerprint density at radius 2 is 1.32 bits per heavy atom. The number of hydrogen-bond acceptors (Lipinski definition) is 14. The summed E-state index contributed by atoms with van der Waals surface area (Å²) in [5.74, 6) is -0.955. The van der Waals surface area contributed by atoms with Gasteiger partial charge in [0.1, 0.15) is 10.6 Å². The molecule has 0 amide bonds. The number of nitro benzene ring substituents is 1. The van der Waals surface area contributed by atoms with Crippen LogP contribution in [0.1, 0.15) is 0 Å². The van der Waals surface area contributed by atoms with Crippen LogP contribution in [0.3, 0.4) is 0 Å². The van der Waals surface area contributed by atoms with Crippen LogP contribution >= 0.6 is 0 Å². The van der Waals surface area contributed by atoms with Gasteiger partial charge in [-0.15, -0.1) is 15.3 Å². The van der Waals surface area contributed by atoms with Gasteiger partial charge in [-0.3, -0.25) is 23.8 Å². The van der Waals surface area contributed by atoms with Crippen LogP contribution in [-0.2, 0) is 30.4 Å². The number of non-ortho nitro benzene ring substituents is 1. The van der Waals surface area contributed by atoms with E-state index in [9.17, 15) is 54.1 Å². The number of hydrogen-bond donors (Lipinski definition) is 5. The molecule has 0 aliphatic heterocycles. The van der Waals surface area contributed by atoms with E-state index < -0.39 is 67.1 Å². The second-order valence-corrected chi connectivity index (χ2v) is 13.8. The molecule has 0 saturated heterocycles. The molecule has 6 N–H and O–H groups in total. The lowest BCUT2D eigenvalue weighted by Crippen LogP contribution is -2.02. The summed E-state index contributed by atoms with van der Waals surface area (Å²) < 4.78 is 101. The van der Waals surface area contributed by atoms with Crippen LogP contribution in [-0.4, -0.2) is 48.9 Å². The molecule has 0 spiro atoms. The lowest BCUT2D eigenvalue weighted by molar-refractivity contribution is -0.384. The van der Waals surface area contributed by atoms with Gasteiger partial charge in [-0.1, -0.05) is 12.1 Å². The second-order valence-electron chi connectivity index (χ2n) is 9.60. The summed E-state index contributed by atoms with van der Waals surface area (Å²) >= 11 is 0. The molecular formula is C26H18N6O12S3. The maximum atomic E-state index is 12.3. The Labute approximate surface area is 263 Å². The first kappa shape index (κ1) is 32.9. The number of anilines is 1. The molecule has 5 aromatic rings. The molecule has 0 aliphatic rings. The second kappa shape index (κ2) is 11.7. The molecule has 0 atom stereocenters. The van der Waals surface area contributed by atoms with Gasteiger partial charge in [0.05, 0.1) is 31.8 Å². The fraction of sp³-hybridized carbons (Fsp3) is 0. The van der Waals surface area contributed by atoms with Crippen LogP contribution in [0.15, 0.2) is 108 Å². The number of phenols is 1. The minimum Gasteiger partial charge on any atom is -0.505 e. The molecule has 18 nitrogen and oxygen atoms in total. The first-order valence-corrected chi connectivity index (χ1v) is 16.8. The van der Waals surface area contributed by atoms with E-state index in [4.69, 9.17) is 5.73 Å². The van der Waals surface area contributed by atoms with Crippen molar-refractivity contribution in [1.82, 2.24) is 0 Å². The zero-order valence-electron chi connectivity index (χ0n) is 23.0. The van der Waals surface area contributed by atoms with Gasteiger partial charge in [-0.05, 0) is 53.9 Å². The van der Waals surface area contributed by atoms with Gasteiger partial charge in [-0.2, -0.15) is 30.4 Å². The third-order valence-corrected chi connectivity index (χ3v) is 9.09. The maximum absolute atomic E-state index is 12.3. The molecule has 0 saturated carbocycles. The van der Waals surface area contributed by atoms with Crippen molar-refractivity contribution < 1.29 is 48.9 Å². The number of azo groups is 2. The van der Waals surface area contributed by atoms with Crippen LogP contribution in [0.4, 0.5) is 34.1 Å². The number of nitro groups is 1. The summed E-state index contributed by atoms with van der Waals surface area (Å²) in [6.07, 6.45) is 0. The van der Waals surface area contributed by atoms with E-state index in [1.165, 1.54) is 36.4 Å². The normalized spacial score (nSPS) is 12.8. The molecule has 0 bridgehead atoms. The Morgan fingerprint density at radius 3 is 1.94 bits per heavy atom. The van der Waals surface area contributed by atoms with E-state index in [0.29, 0.717) is 0 Å². The minimum absolute atomic E-state index is 0.0367. The summed E-state index contributed by atoms with van der Waals surface area (Å²) in [6.45, 7) is 0. The fourth-order valence-electron chi connectivity index (χ4n) is 4.45. The van der Waals surface area contributed by atoms with Gasteiger partial charge in [0.15, 0.2) is 5.75 Å². The Morgan fingerprint density at radius 1 is 0.681 bits per heavy atom. The van der Waals surface area contributed by atoms with Crippen molar-refractivity contribution in [1.29, 1.82) is 0 Å². The zero-order chi connectivity index (χ0) is 34.5. The largest absolute Gasteiger partial charge is 0.505 e. The molecule has 0 fully saturated rings. The summed E-state index contributed by atoms with van der Waals surface area (Å²) in [4.78, 5) is 8.11. The lowest BCUT2D eigenvalue weighted by atomic mass is 10.1. The van der Waals surface area contributed by atoms with Crippen molar-refractivity contribution in [2.45, 2.75) is 14.7 Å². The zero-order valence-corrected chi connectivity index (χ0v) is 25.5. The Bertz CT molecular complexity index is 2550. The highest BCUT2D eigenvalue weighted by Gasteiger charge is 2.25. The smallest absolute Gasteiger partial charge is 0.296 e. The lowest BCUT2D eigenvalue weighted by Gasteiger charge is -2.12. The molecule has 0 radical (unpaired) electrons. The monoisotopic (exact) mass is 702 g/mol. The van der Waals surface area contributed by atoms with E-state index in [-0.39, 0.29) is 44.3 Å². The van der Waals surface area contributed by atoms with Crippen molar-refractivity contribution >= 4 is 86.0 Å². The molecule has 242 valence electrons. The van der Waals surface area contributed by atoms with Crippen molar-refractivity contribution in [3.63, 3.8) is 0 Å². The number of fused-ring (bicyclic) bond motifs is 2. The summed E-state index contributed by atoms with van der Waals surface area (Å²) in [5.41, 5.74) is 4.40. The third kappa shape index (κ3) is 6.74. The molecule has 0 unspecified atom stereocenters. The van der Waals surface area contributed by atoms with Gasteiger partial charge >= 0.3 is 0 Å². The van der Waals surface area contributed by atoms with Crippen LogP contribution in [0.25, 0.3) is 21.5 Å². The molecule has 0 heterocycles. The minimum atomic E-state index is -5.18. The summed E-state index contributed by atoms with van der Waals surface area (Å²) in [5, 5.41) is 37.3. The highest BCUT2D eigenvalue weighted by atomic mass is 32.2. The van der Waals surface area contributed by atoms with Crippen LogP contribution in [0, 0.1) is 10.1 Å². The molecule has 5 rings (SSSR count). The summed E-state index contributed by atoms with van der Waals surface area (Å²) in [6, 6.07) is 13.4. The third-order valence-electron chi connectivity index (χ3n) is 6.54. The SMILES string of the molecule is Nc1cc(S(=O)(=O)O)cc2cc(S(=O)(=O)O)c(N=Nc3ccc(N=Nc4cccc([N+](=O)[O-])c4)c4ccc(S(=O)(=O)O)cc34)c(O)c12. The highest BCUT2D eigenvalue weighted by Crippen LogP contribution is 2.45. The van der Waals surface area contributed by atoms with Crippen molar-refractivity contribution in [3.8, 4) is 5.75 Å². The highest BCUT2D eigenvalue weighted by molar-refractivity contribution is 7.86. The predicted octanol–water partition coefficient (Wildman–Crippen LogP) is 5.76. The van der Waals surface area contributed by atoms with Gasteiger partial charge in [0.2, 0.25) is 0 Å². The standard InChI is InChI=1S/C26H18N6O12S3/c27-20-12-17(46(39,40)41)8-13-9-23(47(42,43)44)25(26(33)24(13)20)31-30-22-7-6-21(18-5-4-16(11-19(18)22)45(36,37)38)29-28-14-2-1-3-15(10-14)32(34)35/h1-12,33H,27H2,(H,36,37,38)(H,39,40,41)(H,42,43,44). The van der Waals surface area contributed by atoms with E-state index in [0.717, 1.165) is 36.4 Å². The Hall–Kier alpha value is -5.45. The predicted molar refractivity (Wildman–Crippen MR) is 165 cm³/mol. The molecule has 21 heteroatoms. The first-order valence-electron chi connectivity index (χ1n) is 12.5. The number of benzene rings is 5. The number of nitrogen functional groups attached to an aromatic ring is 1. The van der Waals surface area contributed by atoms with Gasteiger partial charge in [-0.25, -0.2) is 0 Å². The van der Waals surface area contributed by atoms with Crippen molar-refractivity contribution in [2.24, 2.45) is 20.5 Å². The van der Waals surface area contributed by atoms with E-state index in [2.05, 4.69) is 20.5 Å². The van der Waals surface area contributed by atoms with Crippen molar-refractivity contribution in [2.75, 3.05) is 5.73 Å². The van der Waals surface area contributed by atoms with Crippen molar-refractivity contribution in [3.05, 3.63) is 82.9 Å². The fourth-order valence-corrected chi connectivity index (χ4v) is 6.16. The van der Waals surface area contributed by atoms with Crippen LogP contribution in [0.2, 0.25) is 0 Å². The van der Waals surface area contributed by atoms with E-state index in [1.54, 1.807) is 0 Å². The maximum Gasteiger partial charge on any atom is 0.296 e. The molecule has 0 aliphatic carbocycles. The Balaban J connectivity index is 1.71. The number of rotatable bonds is 8. The van der Waals surface area contributed by atoms with Gasteiger partial charge in [0, 0.05) is 34.0 Å².